The normalized spacial score (nSPS) is 11.2. The fraction of sp³-hybridized carbons (Fsp3) is 0. The van der Waals surface area contributed by atoms with Crippen molar-refractivity contribution in [3.8, 4) is 0 Å². The summed E-state index contributed by atoms with van der Waals surface area (Å²) in [5.41, 5.74) is 0. The first-order valence-electron chi connectivity index (χ1n) is 1.22. The monoisotopic (exact) mass is 102 g/mol. The Kier molecular flexibility index (Phi) is 1.03. The quantitative estimate of drug-likeness (QED) is 0.483. The Hall–Kier alpha value is 0.140. The number of nitrogens with zero attached hydrogens (tertiary/aromatic N) is 1. The second-order valence-corrected chi connectivity index (χ2v) is 2.92. The molecule has 1 rings (SSSR count). The molecule has 1 aromatic rings. The van der Waals surface area contributed by atoms with E-state index in [-0.39, 0.29) is 0 Å². The first-order valence-corrected chi connectivity index (χ1v) is 3.99. The standard InChI is InChI=1S/C2H2NP2/c1-2-4-5-3-1/h2,4H. The van der Waals surface area contributed by atoms with E-state index in [1.165, 1.54) is 8.03 Å². The maximum absolute atomic E-state index is 3.76. The molecule has 0 bridgehead atoms. The molecule has 0 aliphatic carbocycles. The molecule has 1 nitrogen and oxygen atoms in total. The van der Waals surface area contributed by atoms with Crippen LogP contribution in [-0.2, 0) is 0 Å². The highest BCUT2D eigenvalue weighted by molar-refractivity contribution is 7.88. The molecule has 0 saturated heterocycles. The first-order chi connectivity index (χ1) is 2.50. The van der Waals surface area contributed by atoms with Crippen LogP contribution in [0.5, 0.6) is 0 Å². The molecular formula is C2H2NP2. The van der Waals surface area contributed by atoms with Gasteiger partial charge in [-0.1, -0.05) is 7.87 Å². The van der Waals surface area contributed by atoms with Crippen LogP contribution in [0.1, 0.15) is 0 Å². The van der Waals surface area contributed by atoms with Gasteiger partial charge in [0.05, 0.1) is 14.2 Å². The fourth-order valence-electron chi connectivity index (χ4n) is 0.144. The van der Waals surface area contributed by atoms with Crippen LogP contribution in [-0.4, -0.2) is 4.75 Å². The summed E-state index contributed by atoms with van der Waals surface area (Å²) in [4.78, 5) is 0. The zero-order chi connectivity index (χ0) is 3.54. The van der Waals surface area contributed by atoms with Crippen molar-refractivity contribution in [2.75, 3.05) is 0 Å². The summed E-state index contributed by atoms with van der Waals surface area (Å²) < 4.78 is 3.76. The summed E-state index contributed by atoms with van der Waals surface area (Å²) in [6.45, 7) is 0. The molecule has 1 unspecified atom stereocenters. The van der Waals surface area contributed by atoms with E-state index in [1.54, 1.807) is 0 Å². The smallest absolute Gasteiger partial charge is 0.0987 e. The molecule has 1 atom stereocenters. The lowest BCUT2D eigenvalue weighted by molar-refractivity contribution is 1.56. The van der Waals surface area contributed by atoms with E-state index in [1.807, 2.05) is 5.80 Å². The summed E-state index contributed by atoms with van der Waals surface area (Å²) in [5.74, 6) is 1.96. The van der Waals surface area contributed by atoms with Crippen LogP contribution in [0, 0.1) is 6.20 Å². The second-order valence-electron chi connectivity index (χ2n) is 0.603. The Morgan fingerprint density at radius 2 is 3.00 bits per heavy atom. The first kappa shape index (κ1) is 3.33. The maximum Gasteiger partial charge on any atom is 0.0987 e. The molecule has 3 heteroatoms. The molecule has 0 aliphatic rings. The molecule has 0 N–H and O–H groups in total. The van der Waals surface area contributed by atoms with Crippen molar-refractivity contribution in [2.24, 2.45) is 0 Å². The highest BCUT2D eigenvalue weighted by atomic mass is 31.8. The molecule has 1 heterocycles. The average molecular weight is 102 g/mol. The van der Waals surface area contributed by atoms with Crippen molar-refractivity contribution in [2.45, 2.75) is 0 Å². The third kappa shape index (κ3) is 0.718. The minimum absolute atomic E-state index is 0.878. The van der Waals surface area contributed by atoms with Crippen LogP contribution in [0.25, 0.3) is 0 Å². The molecule has 1 aromatic heterocycles. The zero-order valence-corrected chi connectivity index (χ0v) is 4.37. The van der Waals surface area contributed by atoms with Gasteiger partial charge in [0.1, 0.15) is 0 Å². The third-order valence-electron chi connectivity index (χ3n) is 0.295. The highest BCUT2D eigenvalue weighted by Gasteiger charge is 1.61. The number of aromatic nitrogens is 1. The van der Waals surface area contributed by atoms with Gasteiger partial charge >= 0.3 is 0 Å². The number of hydrogen-bond acceptors (Lipinski definition) is 1. The zero-order valence-electron chi connectivity index (χ0n) is 2.47. The third-order valence-corrected chi connectivity index (χ3v) is 1.92. The Labute approximate surface area is 33.6 Å². The van der Waals surface area contributed by atoms with E-state index in [0.717, 1.165) is 7.87 Å². The van der Waals surface area contributed by atoms with Crippen LogP contribution >= 0.6 is 15.9 Å². The molecule has 0 aromatic carbocycles. The molecule has 0 spiro atoms. The lowest BCUT2D eigenvalue weighted by Gasteiger charge is -1.39. The van der Waals surface area contributed by atoms with Gasteiger partial charge in [-0.15, -0.1) is 0 Å². The van der Waals surface area contributed by atoms with E-state index in [2.05, 4.69) is 10.9 Å². The van der Waals surface area contributed by atoms with Crippen molar-refractivity contribution in [1.82, 2.24) is 4.75 Å². The SMILES string of the molecule is [c]1c[pH]pn1. The van der Waals surface area contributed by atoms with Gasteiger partial charge in [-0.25, -0.2) is 4.75 Å². The van der Waals surface area contributed by atoms with Gasteiger partial charge in [-0.05, 0) is 5.80 Å². The van der Waals surface area contributed by atoms with Gasteiger partial charge in [-0.3, -0.25) is 0 Å². The molecule has 5 heavy (non-hydrogen) atoms. The van der Waals surface area contributed by atoms with E-state index >= 15 is 0 Å². The van der Waals surface area contributed by atoms with Crippen molar-refractivity contribution in [1.29, 1.82) is 0 Å². The predicted molar refractivity (Wildman–Crippen MR) is 25.1 cm³/mol. The van der Waals surface area contributed by atoms with E-state index in [9.17, 15) is 0 Å². The fourth-order valence-corrected chi connectivity index (χ4v) is 1.30. The summed E-state index contributed by atoms with van der Waals surface area (Å²) in [5, 5.41) is 0. The van der Waals surface area contributed by atoms with E-state index in [0.29, 0.717) is 0 Å². The van der Waals surface area contributed by atoms with Gasteiger partial charge in [0.25, 0.3) is 0 Å². The van der Waals surface area contributed by atoms with Gasteiger partial charge in [0.15, 0.2) is 0 Å². The molecule has 1 radical (unpaired) electrons. The minimum atomic E-state index is 0.878. The van der Waals surface area contributed by atoms with Gasteiger partial charge < -0.3 is 0 Å². The summed E-state index contributed by atoms with van der Waals surface area (Å²) >= 11 is 0. The molecule has 0 fully saturated rings. The minimum Gasteiger partial charge on any atom is -0.221 e. The molecule has 0 aliphatic heterocycles. The van der Waals surface area contributed by atoms with Crippen LogP contribution in [0.4, 0.5) is 0 Å². The number of rotatable bonds is 0. The Morgan fingerprint density at radius 3 is 3.20 bits per heavy atom. The average Bonchev–Trinajstić information content (AvgIpc) is 1.76. The largest absolute Gasteiger partial charge is 0.221 e. The van der Waals surface area contributed by atoms with Crippen LogP contribution in [0.15, 0.2) is 5.80 Å². The molecule has 25 valence electrons. The van der Waals surface area contributed by atoms with Crippen molar-refractivity contribution in [3.05, 3.63) is 12.0 Å². The van der Waals surface area contributed by atoms with E-state index < -0.39 is 0 Å². The molecular weight excluding hydrogens is 100.0 g/mol. The summed E-state index contributed by atoms with van der Waals surface area (Å²) in [7, 11) is 2.06. The van der Waals surface area contributed by atoms with Crippen LogP contribution < -0.4 is 0 Å². The van der Waals surface area contributed by atoms with Crippen molar-refractivity contribution < 1.29 is 0 Å². The topological polar surface area (TPSA) is 12.9 Å². The van der Waals surface area contributed by atoms with Gasteiger partial charge in [-0.2, -0.15) is 0 Å². The van der Waals surface area contributed by atoms with Gasteiger partial charge in [0, 0.05) is 0 Å². The van der Waals surface area contributed by atoms with Crippen LogP contribution in [0.2, 0.25) is 0 Å². The van der Waals surface area contributed by atoms with Crippen LogP contribution in [0.3, 0.4) is 0 Å². The molecule has 0 saturated carbocycles. The van der Waals surface area contributed by atoms with Gasteiger partial charge in [0.2, 0.25) is 0 Å². The lowest BCUT2D eigenvalue weighted by atomic mass is 11.1. The Balaban J connectivity index is 3.13. The van der Waals surface area contributed by atoms with E-state index in [4.69, 9.17) is 0 Å². The Bertz CT molecular complexity index is 64.1. The highest BCUT2D eigenvalue weighted by Crippen LogP contribution is 2.12. The summed E-state index contributed by atoms with van der Waals surface area (Å²) in [6.07, 6.45) is 2.72. The second kappa shape index (κ2) is 1.55. The molecule has 0 amide bonds. The van der Waals surface area contributed by atoms with Crippen molar-refractivity contribution >= 4 is 15.9 Å². The predicted octanol–water partition coefficient (Wildman–Crippen LogP) is 1.49. The number of hydrogen-bond donors (Lipinski definition) is 0. The summed E-state index contributed by atoms with van der Waals surface area (Å²) in [6, 6.07) is 0. The lowest BCUT2D eigenvalue weighted by Crippen LogP contribution is -1.33. The van der Waals surface area contributed by atoms with Crippen molar-refractivity contribution in [3.63, 3.8) is 0 Å². The maximum atomic E-state index is 3.76. The Morgan fingerprint density at radius 1 is 2.00 bits per heavy atom.